The van der Waals surface area contributed by atoms with E-state index in [0.717, 1.165) is 12.8 Å². The lowest BCUT2D eigenvalue weighted by atomic mass is 9.62. The minimum absolute atomic E-state index is 0.00286. The molecular formula is C12H16O4. The number of aliphatic carboxylic acids is 1. The molecule has 0 saturated heterocycles. The van der Waals surface area contributed by atoms with Gasteiger partial charge in [0.2, 0.25) is 0 Å². The molecule has 0 aliphatic heterocycles. The van der Waals surface area contributed by atoms with Crippen LogP contribution in [0.15, 0.2) is 12.2 Å². The first-order valence-electron chi connectivity index (χ1n) is 5.73. The van der Waals surface area contributed by atoms with Crippen LogP contribution in [-0.4, -0.2) is 23.7 Å². The van der Waals surface area contributed by atoms with Crippen LogP contribution >= 0.6 is 0 Å². The molecule has 88 valence electrons. The van der Waals surface area contributed by atoms with Gasteiger partial charge in [0.25, 0.3) is 0 Å². The lowest BCUT2D eigenvalue weighted by Gasteiger charge is -2.41. The van der Waals surface area contributed by atoms with Crippen molar-refractivity contribution in [2.75, 3.05) is 6.61 Å². The highest BCUT2D eigenvalue weighted by Crippen LogP contribution is 2.45. The summed E-state index contributed by atoms with van der Waals surface area (Å²) >= 11 is 0. The number of rotatable bonds is 3. The van der Waals surface area contributed by atoms with E-state index in [0.29, 0.717) is 6.61 Å². The molecule has 0 spiro atoms. The maximum atomic E-state index is 11.8. The van der Waals surface area contributed by atoms with E-state index in [1.54, 1.807) is 6.92 Å². The van der Waals surface area contributed by atoms with Gasteiger partial charge in [0.1, 0.15) is 0 Å². The van der Waals surface area contributed by atoms with E-state index < -0.39 is 17.8 Å². The smallest absolute Gasteiger partial charge is 0.310 e. The lowest BCUT2D eigenvalue weighted by Crippen LogP contribution is -2.45. The Hall–Kier alpha value is -1.32. The fourth-order valence-corrected chi connectivity index (χ4v) is 2.89. The zero-order valence-electron chi connectivity index (χ0n) is 9.26. The van der Waals surface area contributed by atoms with Gasteiger partial charge >= 0.3 is 11.9 Å². The van der Waals surface area contributed by atoms with Crippen LogP contribution in [0, 0.1) is 23.7 Å². The average Bonchev–Trinajstić information content (AvgIpc) is 2.29. The standard InChI is InChI=1S/C12H16O4/c1-2-16-12(15)10-8-5-3-7(4-6-8)9(10)11(13)14/h3,5,7-10H,2,4,6H2,1H3,(H,13,14)/t7-,8+,9?,10?/m0/s1. The summed E-state index contributed by atoms with van der Waals surface area (Å²) in [5.74, 6) is -2.27. The van der Waals surface area contributed by atoms with Gasteiger partial charge in [-0.25, -0.2) is 0 Å². The Bertz CT molecular complexity index is 334. The van der Waals surface area contributed by atoms with E-state index >= 15 is 0 Å². The maximum Gasteiger partial charge on any atom is 0.310 e. The number of esters is 1. The Balaban J connectivity index is 2.24. The molecule has 0 radical (unpaired) electrons. The Kier molecular flexibility index (Phi) is 2.99. The van der Waals surface area contributed by atoms with E-state index in [9.17, 15) is 14.7 Å². The fourth-order valence-electron chi connectivity index (χ4n) is 2.89. The Morgan fingerprint density at radius 2 is 1.81 bits per heavy atom. The maximum absolute atomic E-state index is 11.8. The summed E-state index contributed by atoms with van der Waals surface area (Å²) in [5, 5.41) is 9.21. The molecule has 3 rings (SSSR count). The van der Waals surface area contributed by atoms with Gasteiger partial charge in [-0.3, -0.25) is 9.59 Å². The SMILES string of the molecule is CCOC(=O)C1C(C(=O)O)[C@H]2C=C[C@@H]1CC2. The first-order chi connectivity index (χ1) is 7.65. The molecule has 4 atom stereocenters. The van der Waals surface area contributed by atoms with E-state index in [2.05, 4.69) is 0 Å². The molecule has 3 aliphatic rings. The topological polar surface area (TPSA) is 63.6 Å². The molecule has 1 N–H and O–H groups in total. The van der Waals surface area contributed by atoms with Crippen molar-refractivity contribution >= 4 is 11.9 Å². The number of carbonyl (C=O) groups is 2. The van der Waals surface area contributed by atoms with Gasteiger partial charge in [-0.2, -0.15) is 0 Å². The summed E-state index contributed by atoms with van der Waals surface area (Å²) in [6, 6.07) is 0. The summed E-state index contributed by atoms with van der Waals surface area (Å²) in [6.45, 7) is 2.05. The van der Waals surface area contributed by atoms with E-state index in [-0.39, 0.29) is 17.8 Å². The summed E-state index contributed by atoms with van der Waals surface area (Å²) in [6.07, 6.45) is 5.69. The highest BCUT2D eigenvalue weighted by atomic mass is 16.5. The molecule has 0 aromatic carbocycles. The zero-order valence-corrected chi connectivity index (χ0v) is 9.26. The summed E-state index contributed by atoms with van der Waals surface area (Å²) in [5.41, 5.74) is 0. The predicted octanol–water partition coefficient (Wildman–Crippen LogP) is 1.46. The normalized spacial score (nSPS) is 36.1. The molecule has 0 heterocycles. The minimum Gasteiger partial charge on any atom is -0.481 e. The van der Waals surface area contributed by atoms with Gasteiger partial charge in [0.05, 0.1) is 18.4 Å². The second-order valence-corrected chi connectivity index (χ2v) is 4.43. The third-order valence-electron chi connectivity index (χ3n) is 3.59. The van der Waals surface area contributed by atoms with Crippen molar-refractivity contribution in [3.8, 4) is 0 Å². The van der Waals surface area contributed by atoms with Gasteiger partial charge in [-0.15, -0.1) is 0 Å². The molecule has 1 saturated carbocycles. The van der Waals surface area contributed by atoms with Crippen molar-refractivity contribution in [1.82, 2.24) is 0 Å². The molecule has 4 nitrogen and oxygen atoms in total. The Morgan fingerprint density at radius 3 is 2.25 bits per heavy atom. The highest BCUT2D eigenvalue weighted by Gasteiger charge is 2.48. The van der Waals surface area contributed by atoms with E-state index in [1.165, 1.54) is 0 Å². The van der Waals surface area contributed by atoms with Crippen LogP contribution < -0.4 is 0 Å². The lowest BCUT2D eigenvalue weighted by molar-refractivity contribution is -0.163. The van der Waals surface area contributed by atoms with Crippen molar-refractivity contribution in [1.29, 1.82) is 0 Å². The largest absolute Gasteiger partial charge is 0.481 e. The highest BCUT2D eigenvalue weighted by molar-refractivity contribution is 5.82. The van der Waals surface area contributed by atoms with Crippen molar-refractivity contribution in [2.24, 2.45) is 23.7 Å². The molecular weight excluding hydrogens is 208 g/mol. The van der Waals surface area contributed by atoms with Crippen LogP contribution in [-0.2, 0) is 14.3 Å². The number of carbonyl (C=O) groups excluding carboxylic acids is 1. The van der Waals surface area contributed by atoms with Gasteiger partial charge < -0.3 is 9.84 Å². The minimum atomic E-state index is -0.878. The third kappa shape index (κ3) is 1.72. The zero-order chi connectivity index (χ0) is 11.7. The van der Waals surface area contributed by atoms with Crippen molar-refractivity contribution in [2.45, 2.75) is 19.8 Å². The number of carboxylic acids is 1. The number of allylic oxidation sites excluding steroid dienone is 2. The second-order valence-electron chi connectivity index (χ2n) is 4.43. The van der Waals surface area contributed by atoms with Crippen LogP contribution in [0.5, 0.6) is 0 Å². The number of carboxylic acid groups (broad SMARTS) is 1. The molecule has 1 fully saturated rings. The van der Waals surface area contributed by atoms with Gasteiger partial charge in [-0.1, -0.05) is 12.2 Å². The third-order valence-corrected chi connectivity index (χ3v) is 3.59. The van der Waals surface area contributed by atoms with Gasteiger partial charge in [-0.05, 0) is 31.6 Å². The molecule has 0 aromatic rings. The monoisotopic (exact) mass is 224 g/mol. The van der Waals surface area contributed by atoms with Crippen molar-refractivity contribution in [3.05, 3.63) is 12.2 Å². The van der Waals surface area contributed by atoms with E-state index in [1.807, 2.05) is 12.2 Å². The Morgan fingerprint density at radius 1 is 1.25 bits per heavy atom. The summed E-state index contributed by atoms with van der Waals surface area (Å²) in [4.78, 5) is 23.0. The number of hydrogen-bond donors (Lipinski definition) is 1. The quantitative estimate of drug-likeness (QED) is 0.582. The predicted molar refractivity (Wildman–Crippen MR) is 56.6 cm³/mol. The number of fused-ring (bicyclic) bond motifs is 2. The van der Waals surface area contributed by atoms with Crippen molar-refractivity contribution < 1.29 is 19.4 Å². The Labute approximate surface area is 94.3 Å². The average molecular weight is 224 g/mol. The van der Waals surface area contributed by atoms with Gasteiger partial charge in [0, 0.05) is 0 Å². The van der Waals surface area contributed by atoms with Crippen LogP contribution in [0.4, 0.5) is 0 Å². The van der Waals surface area contributed by atoms with Crippen LogP contribution in [0.1, 0.15) is 19.8 Å². The van der Waals surface area contributed by atoms with Crippen molar-refractivity contribution in [3.63, 3.8) is 0 Å². The molecule has 2 bridgehead atoms. The first kappa shape index (κ1) is 11.2. The molecule has 16 heavy (non-hydrogen) atoms. The second kappa shape index (κ2) is 4.28. The van der Waals surface area contributed by atoms with Crippen LogP contribution in [0.2, 0.25) is 0 Å². The summed E-state index contributed by atoms with van der Waals surface area (Å²) < 4.78 is 4.98. The van der Waals surface area contributed by atoms with Crippen LogP contribution in [0.3, 0.4) is 0 Å². The summed E-state index contributed by atoms with van der Waals surface area (Å²) in [7, 11) is 0. The van der Waals surface area contributed by atoms with E-state index in [4.69, 9.17) is 4.74 Å². The first-order valence-corrected chi connectivity index (χ1v) is 5.73. The molecule has 2 unspecified atom stereocenters. The van der Waals surface area contributed by atoms with Gasteiger partial charge in [0.15, 0.2) is 0 Å². The van der Waals surface area contributed by atoms with Crippen LogP contribution in [0.25, 0.3) is 0 Å². The fraction of sp³-hybridized carbons (Fsp3) is 0.667. The molecule has 0 aromatic heterocycles. The molecule has 4 heteroatoms. The molecule has 0 amide bonds. The molecule has 3 aliphatic carbocycles. The number of ether oxygens (including phenoxy) is 1. The number of hydrogen-bond acceptors (Lipinski definition) is 3.